The number of carbonyl (C=O) groups excluding carboxylic acids is 1. The summed E-state index contributed by atoms with van der Waals surface area (Å²) in [5.41, 5.74) is 0.552. The SMILES string of the molecule is CC1=CC=C(S(=O)(=O)NN)CC1=O. The Labute approximate surface area is 76.3 Å². The predicted octanol–water partition coefficient (Wildman–Crippen LogP) is -0.417. The lowest BCUT2D eigenvalue weighted by molar-refractivity contribution is -0.114. The van der Waals surface area contributed by atoms with Crippen LogP contribution in [0.3, 0.4) is 0 Å². The third kappa shape index (κ3) is 2.03. The smallest absolute Gasteiger partial charge is 0.249 e. The van der Waals surface area contributed by atoms with Crippen LogP contribution in [0.1, 0.15) is 13.3 Å². The molecule has 0 aromatic rings. The second kappa shape index (κ2) is 3.41. The Hall–Kier alpha value is -0.980. The van der Waals surface area contributed by atoms with E-state index in [2.05, 4.69) is 0 Å². The van der Waals surface area contributed by atoms with Crippen molar-refractivity contribution in [2.75, 3.05) is 0 Å². The van der Waals surface area contributed by atoms with E-state index in [9.17, 15) is 13.2 Å². The fraction of sp³-hybridized carbons (Fsp3) is 0.286. The summed E-state index contributed by atoms with van der Waals surface area (Å²) in [4.78, 5) is 12.8. The molecule has 3 N–H and O–H groups in total. The number of sulfonamides is 1. The van der Waals surface area contributed by atoms with E-state index < -0.39 is 10.0 Å². The molecule has 0 bridgehead atoms. The first-order valence-electron chi connectivity index (χ1n) is 3.60. The maximum absolute atomic E-state index is 11.1. The van der Waals surface area contributed by atoms with Crippen molar-refractivity contribution in [1.29, 1.82) is 0 Å². The Kier molecular flexibility index (Phi) is 2.65. The van der Waals surface area contributed by atoms with E-state index in [1.807, 2.05) is 0 Å². The molecule has 0 amide bonds. The van der Waals surface area contributed by atoms with Crippen molar-refractivity contribution in [3.05, 3.63) is 22.6 Å². The fourth-order valence-electron chi connectivity index (χ4n) is 0.928. The van der Waals surface area contributed by atoms with Crippen molar-refractivity contribution < 1.29 is 13.2 Å². The molecule has 0 aliphatic heterocycles. The van der Waals surface area contributed by atoms with Crippen LogP contribution >= 0.6 is 0 Å². The Morgan fingerprint density at radius 1 is 1.46 bits per heavy atom. The number of Topliss-reactive ketones (excluding diaryl/α,β-unsaturated/α-hetero) is 1. The fourth-order valence-corrected chi connectivity index (χ4v) is 1.65. The number of rotatable bonds is 2. The Morgan fingerprint density at radius 2 is 2.08 bits per heavy atom. The van der Waals surface area contributed by atoms with Gasteiger partial charge in [-0.2, -0.15) is 4.83 Å². The Balaban J connectivity index is 3.06. The molecule has 5 nitrogen and oxygen atoms in total. The number of hydrogen-bond acceptors (Lipinski definition) is 4. The summed E-state index contributed by atoms with van der Waals surface area (Å²) in [6, 6.07) is 0. The minimum Gasteiger partial charge on any atom is -0.294 e. The molecule has 1 rings (SSSR count). The average Bonchev–Trinajstić information content (AvgIpc) is 2.09. The van der Waals surface area contributed by atoms with Crippen molar-refractivity contribution >= 4 is 15.8 Å². The molecular formula is C7H10N2O3S. The van der Waals surface area contributed by atoms with E-state index in [1.54, 1.807) is 11.8 Å². The van der Waals surface area contributed by atoms with Crippen LogP contribution in [0.25, 0.3) is 0 Å². The molecule has 0 atom stereocenters. The monoisotopic (exact) mass is 202 g/mol. The van der Waals surface area contributed by atoms with Gasteiger partial charge >= 0.3 is 0 Å². The first kappa shape index (κ1) is 10.1. The lowest BCUT2D eigenvalue weighted by Gasteiger charge is -2.10. The predicted molar refractivity (Wildman–Crippen MR) is 47.7 cm³/mol. The highest BCUT2D eigenvalue weighted by molar-refractivity contribution is 7.93. The molecule has 13 heavy (non-hydrogen) atoms. The number of carbonyl (C=O) groups is 1. The zero-order valence-electron chi connectivity index (χ0n) is 7.07. The van der Waals surface area contributed by atoms with Crippen LogP contribution in [0.5, 0.6) is 0 Å². The highest BCUT2D eigenvalue weighted by atomic mass is 32.2. The van der Waals surface area contributed by atoms with Gasteiger partial charge in [0, 0.05) is 6.42 Å². The van der Waals surface area contributed by atoms with Gasteiger partial charge in [0.05, 0.1) is 4.91 Å². The normalized spacial score (nSPS) is 18.2. The quantitative estimate of drug-likeness (QED) is 0.470. The van der Waals surface area contributed by atoms with Gasteiger partial charge in [-0.15, -0.1) is 0 Å². The standard InChI is InChI=1S/C7H10N2O3S/c1-5-2-3-6(4-7(5)10)13(11,12)9-8/h2-3,9H,4,8H2,1H3. The average molecular weight is 202 g/mol. The Bertz CT molecular complexity index is 392. The van der Waals surface area contributed by atoms with E-state index in [0.29, 0.717) is 5.57 Å². The second-order valence-corrected chi connectivity index (χ2v) is 4.47. The van der Waals surface area contributed by atoms with Crippen LogP contribution < -0.4 is 10.7 Å². The molecule has 0 saturated heterocycles. The van der Waals surface area contributed by atoms with Gasteiger partial charge < -0.3 is 0 Å². The molecule has 0 saturated carbocycles. The number of hydrazine groups is 1. The number of nitrogens with two attached hydrogens (primary N) is 1. The third-order valence-corrected chi connectivity index (χ3v) is 3.08. The van der Waals surface area contributed by atoms with E-state index in [0.717, 1.165) is 0 Å². The topological polar surface area (TPSA) is 89.3 Å². The first-order valence-corrected chi connectivity index (χ1v) is 5.09. The van der Waals surface area contributed by atoms with Gasteiger partial charge in [0.15, 0.2) is 5.78 Å². The zero-order chi connectivity index (χ0) is 10.1. The molecule has 1 aliphatic carbocycles. The van der Waals surface area contributed by atoms with Gasteiger partial charge in [0.2, 0.25) is 10.0 Å². The van der Waals surface area contributed by atoms with E-state index in [1.165, 1.54) is 12.2 Å². The molecule has 0 radical (unpaired) electrons. The Morgan fingerprint density at radius 3 is 2.54 bits per heavy atom. The summed E-state index contributed by atoms with van der Waals surface area (Å²) < 4.78 is 22.2. The van der Waals surface area contributed by atoms with Gasteiger partial charge in [-0.25, -0.2) is 8.42 Å². The van der Waals surface area contributed by atoms with Gasteiger partial charge in [-0.3, -0.25) is 10.6 Å². The summed E-state index contributed by atoms with van der Waals surface area (Å²) in [6.07, 6.45) is 2.73. The number of ketones is 1. The van der Waals surface area contributed by atoms with E-state index >= 15 is 0 Å². The lowest BCUT2D eigenvalue weighted by Crippen LogP contribution is -2.32. The lowest BCUT2D eigenvalue weighted by atomic mass is 10.1. The van der Waals surface area contributed by atoms with Crippen LogP contribution in [0.2, 0.25) is 0 Å². The molecular weight excluding hydrogens is 192 g/mol. The molecule has 0 heterocycles. The largest absolute Gasteiger partial charge is 0.294 e. The number of nitrogens with one attached hydrogen (secondary N) is 1. The van der Waals surface area contributed by atoms with Crippen molar-refractivity contribution in [3.63, 3.8) is 0 Å². The van der Waals surface area contributed by atoms with Crippen molar-refractivity contribution in [2.24, 2.45) is 5.84 Å². The summed E-state index contributed by atoms with van der Waals surface area (Å²) in [6.45, 7) is 1.64. The molecule has 6 heteroatoms. The maximum Gasteiger partial charge on any atom is 0.249 e. The minimum absolute atomic E-state index is 0.00519. The molecule has 0 aromatic carbocycles. The summed E-state index contributed by atoms with van der Waals surface area (Å²) in [5, 5.41) is 0. The first-order chi connectivity index (χ1) is 5.97. The van der Waals surface area contributed by atoms with Gasteiger partial charge in [0.1, 0.15) is 0 Å². The van der Waals surface area contributed by atoms with Crippen LogP contribution in [0.4, 0.5) is 0 Å². The zero-order valence-corrected chi connectivity index (χ0v) is 7.89. The molecule has 72 valence electrons. The molecule has 0 unspecified atom stereocenters. The second-order valence-electron chi connectivity index (χ2n) is 2.70. The van der Waals surface area contributed by atoms with Crippen molar-refractivity contribution in [3.8, 4) is 0 Å². The molecule has 0 aromatic heterocycles. The third-order valence-electron chi connectivity index (χ3n) is 1.79. The summed E-state index contributed by atoms with van der Waals surface area (Å²) >= 11 is 0. The summed E-state index contributed by atoms with van der Waals surface area (Å²) in [7, 11) is -3.65. The van der Waals surface area contributed by atoms with Crippen LogP contribution in [0.15, 0.2) is 22.6 Å². The number of allylic oxidation sites excluding steroid dienone is 4. The maximum atomic E-state index is 11.1. The van der Waals surface area contributed by atoms with Gasteiger partial charge in [0.25, 0.3) is 0 Å². The van der Waals surface area contributed by atoms with Crippen LogP contribution in [-0.2, 0) is 14.8 Å². The van der Waals surface area contributed by atoms with Gasteiger partial charge in [-0.05, 0) is 18.6 Å². The highest BCUT2D eigenvalue weighted by Gasteiger charge is 2.21. The van der Waals surface area contributed by atoms with Crippen LogP contribution in [0, 0.1) is 0 Å². The van der Waals surface area contributed by atoms with E-state index in [4.69, 9.17) is 5.84 Å². The van der Waals surface area contributed by atoms with Crippen LogP contribution in [-0.4, -0.2) is 14.2 Å². The van der Waals surface area contributed by atoms with Crippen molar-refractivity contribution in [1.82, 2.24) is 4.83 Å². The summed E-state index contributed by atoms with van der Waals surface area (Å²) in [5.74, 6) is 4.61. The highest BCUT2D eigenvalue weighted by Crippen LogP contribution is 2.18. The number of hydrogen-bond donors (Lipinski definition) is 2. The molecule has 1 aliphatic rings. The van der Waals surface area contributed by atoms with Crippen molar-refractivity contribution in [2.45, 2.75) is 13.3 Å². The molecule has 0 fully saturated rings. The van der Waals surface area contributed by atoms with Gasteiger partial charge in [-0.1, -0.05) is 6.08 Å². The minimum atomic E-state index is -3.65. The molecule has 0 spiro atoms. The van der Waals surface area contributed by atoms with E-state index in [-0.39, 0.29) is 17.1 Å².